The third kappa shape index (κ3) is 66.5. The van der Waals surface area contributed by atoms with Gasteiger partial charge in [0.1, 0.15) is 13.2 Å². The molecule has 0 saturated heterocycles. The second kappa shape index (κ2) is 68.3. The van der Waals surface area contributed by atoms with E-state index in [0.717, 1.165) is 128 Å². The summed E-state index contributed by atoms with van der Waals surface area (Å²) in [6.07, 6.45) is 95.1. The molecule has 1 atom stereocenters. The van der Waals surface area contributed by atoms with Gasteiger partial charge in [-0.3, -0.25) is 14.4 Å². The van der Waals surface area contributed by atoms with Crippen molar-refractivity contribution in [1.29, 1.82) is 0 Å². The molecule has 0 rings (SSSR count). The fourth-order valence-corrected chi connectivity index (χ4v) is 9.32. The summed E-state index contributed by atoms with van der Waals surface area (Å²) in [5.41, 5.74) is 0. The van der Waals surface area contributed by atoms with Gasteiger partial charge in [0.05, 0.1) is 0 Å². The van der Waals surface area contributed by atoms with E-state index in [-0.39, 0.29) is 37.5 Å². The van der Waals surface area contributed by atoms with E-state index in [9.17, 15) is 14.4 Å². The van der Waals surface area contributed by atoms with Crippen molar-refractivity contribution in [2.45, 2.75) is 322 Å². The predicted molar refractivity (Wildman–Crippen MR) is 353 cm³/mol. The van der Waals surface area contributed by atoms with E-state index in [1.807, 2.05) is 0 Å². The van der Waals surface area contributed by atoms with Crippen molar-refractivity contribution >= 4 is 17.9 Å². The van der Waals surface area contributed by atoms with Crippen molar-refractivity contribution in [3.8, 4) is 0 Å². The molecular formula is C75H126O6. The maximum Gasteiger partial charge on any atom is 0.306 e. The molecule has 81 heavy (non-hydrogen) atoms. The summed E-state index contributed by atoms with van der Waals surface area (Å²) < 4.78 is 16.9. The zero-order valence-electron chi connectivity index (χ0n) is 53.0. The first-order valence-corrected chi connectivity index (χ1v) is 34.0. The largest absolute Gasteiger partial charge is 0.462 e. The van der Waals surface area contributed by atoms with E-state index in [1.165, 1.54) is 148 Å². The highest BCUT2D eigenvalue weighted by atomic mass is 16.6. The van der Waals surface area contributed by atoms with E-state index in [2.05, 4.69) is 142 Å². The lowest BCUT2D eigenvalue weighted by molar-refractivity contribution is -0.167. The van der Waals surface area contributed by atoms with Gasteiger partial charge < -0.3 is 14.2 Å². The molecule has 0 aromatic rings. The fourth-order valence-electron chi connectivity index (χ4n) is 9.32. The summed E-state index contributed by atoms with van der Waals surface area (Å²) >= 11 is 0. The fraction of sp³-hybridized carbons (Fsp3) is 0.693. The van der Waals surface area contributed by atoms with Gasteiger partial charge in [-0.15, -0.1) is 0 Å². The van der Waals surface area contributed by atoms with Crippen molar-refractivity contribution in [2.24, 2.45) is 0 Å². The SMILES string of the molecule is CC/C=C\C/C=C\C/C=C\C/C=C\C/C=C\C/C=C\C/C=C\CCCCCC(=O)OC(COC(=O)CCCCCCC/C=C\CCCC)COC(=O)CCCCCCCCCCCCCCCCC/C=C\C/C=C\CCCCCCC. The lowest BCUT2D eigenvalue weighted by Gasteiger charge is -2.18. The molecule has 0 bridgehead atoms. The Labute approximate surface area is 501 Å². The summed E-state index contributed by atoms with van der Waals surface area (Å²) in [6.45, 7) is 6.46. The number of unbranched alkanes of at least 4 members (excludes halogenated alkanes) is 30. The van der Waals surface area contributed by atoms with E-state index in [1.54, 1.807) is 0 Å². The van der Waals surface area contributed by atoms with Crippen molar-refractivity contribution in [1.82, 2.24) is 0 Å². The molecule has 0 aromatic carbocycles. The highest BCUT2D eigenvalue weighted by Gasteiger charge is 2.19. The van der Waals surface area contributed by atoms with Crippen LogP contribution in [0.5, 0.6) is 0 Å². The summed E-state index contributed by atoms with van der Waals surface area (Å²) in [5.74, 6) is -0.932. The summed E-state index contributed by atoms with van der Waals surface area (Å²) in [5, 5.41) is 0. The Morgan fingerprint density at radius 1 is 0.259 bits per heavy atom. The lowest BCUT2D eigenvalue weighted by Crippen LogP contribution is -2.30. The first kappa shape index (κ1) is 76.8. The van der Waals surface area contributed by atoms with Crippen LogP contribution in [-0.4, -0.2) is 37.2 Å². The van der Waals surface area contributed by atoms with Crippen LogP contribution in [-0.2, 0) is 28.6 Å². The minimum atomic E-state index is -0.803. The Hall–Kier alpha value is -4.19. The normalized spacial score (nSPS) is 12.9. The Bertz CT molecular complexity index is 1670. The second-order valence-electron chi connectivity index (χ2n) is 22.3. The van der Waals surface area contributed by atoms with Crippen molar-refractivity contribution in [3.63, 3.8) is 0 Å². The van der Waals surface area contributed by atoms with Gasteiger partial charge in [0, 0.05) is 19.3 Å². The van der Waals surface area contributed by atoms with Crippen LogP contribution in [0.15, 0.2) is 122 Å². The minimum absolute atomic E-state index is 0.0953. The molecule has 0 aliphatic heterocycles. The molecule has 0 N–H and O–H groups in total. The van der Waals surface area contributed by atoms with Crippen LogP contribution in [0, 0.1) is 0 Å². The number of ether oxygens (including phenoxy) is 3. The average Bonchev–Trinajstić information content (AvgIpc) is 3.47. The maximum atomic E-state index is 12.9. The molecular weight excluding hydrogens is 997 g/mol. The number of hydrogen-bond donors (Lipinski definition) is 0. The zero-order chi connectivity index (χ0) is 58.5. The van der Waals surface area contributed by atoms with E-state index < -0.39 is 6.10 Å². The molecule has 0 amide bonds. The van der Waals surface area contributed by atoms with Crippen LogP contribution in [0.2, 0.25) is 0 Å². The van der Waals surface area contributed by atoms with Crippen LogP contribution in [0.4, 0.5) is 0 Å². The Balaban J connectivity index is 4.32. The molecule has 462 valence electrons. The van der Waals surface area contributed by atoms with E-state index in [0.29, 0.717) is 12.8 Å². The summed E-state index contributed by atoms with van der Waals surface area (Å²) in [4.78, 5) is 38.3. The zero-order valence-corrected chi connectivity index (χ0v) is 53.0. The van der Waals surface area contributed by atoms with Crippen LogP contribution in [0.25, 0.3) is 0 Å². The monoisotopic (exact) mass is 1120 g/mol. The molecule has 0 radical (unpaired) electrons. The topological polar surface area (TPSA) is 78.9 Å². The molecule has 1 unspecified atom stereocenters. The lowest BCUT2D eigenvalue weighted by atomic mass is 10.0. The number of esters is 3. The Kier molecular flexibility index (Phi) is 64.8. The number of carbonyl (C=O) groups excluding carboxylic acids is 3. The van der Waals surface area contributed by atoms with E-state index >= 15 is 0 Å². The smallest absolute Gasteiger partial charge is 0.306 e. The number of carbonyl (C=O) groups is 3. The van der Waals surface area contributed by atoms with Gasteiger partial charge >= 0.3 is 17.9 Å². The van der Waals surface area contributed by atoms with Gasteiger partial charge in [-0.2, -0.15) is 0 Å². The molecule has 6 nitrogen and oxygen atoms in total. The summed E-state index contributed by atoms with van der Waals surface area (Å²) in [7, 11) is 0. The maximum absolute atomic E-state index is 12.9. The summed E-state index contributed by atoms with van der Waals surface area (Å²) in [6, 6.07) is 0. The molecule has 6 heteroatoms. The quantitative estimate of drug-likeness (QED) is 0.0261. The molecule has 0 aliphatic rings. The number of hydrogen-bond acceptors (Lipinski definition) is 6. The highest BCUT2D eigenvalue weighted by Crippen LogP contribution is 2.16. The molecule has 0 fully saturated rings. The molecule has 0 aliphatic carbocycles. The molecule has 0 aromatic heterocycles. The third-order valence-corrected chi connectivity index (χ3v) is 14.4. The first-order valence-electron chi connectivity index (χ1n) is 34.0. The highest BCUT2D eigenvalue weighted by molar-refractivity contribution is 5.71. The standard InChI is InChI=1S/C75H126O6/c1-4-7-10-13-16-19-22-24-26-28-30-32-34-36-37-39-40-42-44-46-48-50-53-56-59-62-65-68-74(77)80-71-72(70-79-73(76)67-64-61-58-55-52-21-18-15-12-9-6-3)81-75(78)69-66-63-60-57-54-51-49-47-45-43-41-38-35-33-31-29-27-25-23-20-17-14-11-8-5-2/h8,11,15,17-18,20,22,24-25,27-28,30-31,33,38,41,45,47,51,54,72H,4-7,9-10,12-14,16,19,21,23,26,29,32,34-37,39-40,42-44,46,48-50,52-53,55-71H2,1-3H3/b11-8-,18-15-,20-17-,24-22-,27-25-,30-28-,33-31-,41-38-,47-45-,54-51-. The van der Waals surface area contributed by atoms with Gasteiger partial charge in [-0.1, -0.05) is 290 Å². The van der Waals surface area contributed by atoms with Gasteiger partial charge in [0.25, 0.3) is 0 Å². The van der Waals surface area contributed by atoms with Gasteiger partial charge in [-0.25, -0.2) is 0 Å². The van der Waals surface area contributed by atoms with Crippen molar-refractivity contribution < 1.29 is 28.6 Å². The number of rotatable bonds is 61. The average molecular weight is 1120 g/mol. The molecule has 0 saturated carbocycles. The minimum Gasteiger partial charge on any atom is -0.462 e. The third-order valence-electron chi connectivity index (χ3n) is 14.4. The molecule has 0 heterocycles. The van der Waals surface area contributed by atoms with Gasteiger partial charge in [0.15, 0.2) is 6.10 Å². The van der Waals surface area contributed by atoms with Gasteiger partial charge in [0.2, 0.25) is 0 Å². The van der Waals surface area contributed by atoms with Gasteiger partial charge in [-0.05, 0) is 128 Å². The molecule has 0 spiro atoms. The Morgan fingerprint density at radius 3 is 0.815 bits per heavy atom. The first-order chi connectivity index (χ1) is 40.0. The predicted octanol–water partition coefficient (Wildman–Crippen LogP) is 23.6. The second-order valence-corrected chi connectivity index (χ2v) is 22.3. The van der Waals surface area contributed by atoms with Crippen LogP contribution < -0.4 is 0 Å². The number of allylic oxidation sites excluding steroid dienone is 20. The van der Waals surface area contributed by atoms with Crippen molar-refractivity contribution in [2.75, 3.05) is 13.2 Å². The van der Waals surface area contributed by atoms with Crippen LogP contribution >= 0.6 is 0 Å². The Morgan fingerprint density at radius 2 is 0.494 bits per heavy atom. The van der Waals surface area contributed by atoms with Crippen LogP contribution in [0.3, 0.4) is 0 Å². The van der Waals surface area contributed by atoms with E-state index in [4.69, 9.17) is 14.2 Å². The van der Waals surface area contributed by atoms with Crippen LogP contribution in [0.1, 0.15) is 316 Å². The van der Waals surface area contributed by atoms with Crippen molar-refractivity contribution in [3.05, 3.63) is 122 Å².